The number of aromatic nitrogens is 3. The fraction of sp³-hybridized carbons (Fsp3) is 0.480. The van der Waals surface area contributed by atoms with Crippen molar-refractivity contribution >= 4 is 16.9 Å². The number of halogens is 1. The van der Waals surface area contributed by atoms with Gasteiger partial charge in [0.25, 0.3) is 5.91 Å². The van der Waals surface area contributed by atoms with Gasteiger partial charge in [-0.05, 0) is 70.4 Å². The summed E-state index contributed by atoms with van der Waals surface area (Å²) in [6.07, 6.45) is 5.53. The van der Waals surface area contributed by atoms with Crippen LogP contribution < -0.4 is 10.1 Å². The van der Waals surface area contributed by atoms with E-state index < -0.39 is 6.17 Å². The molecular formula is C25H29FN4O2. The summed E-state index contributed by atoms with van der Waals surface area (Å²) >= 11 is 0. The molecule has 168 valence electrons. The predicted molar refractivity (Wildman–Crippen MR) is 122 cm³/mol. The van der Waals surface area contributed by atoms with Gasteiger partial charge >= 0.3 is 0 Å². The summed E-state index contributed by atoms with van der Waals surface area (Å²) in [4.78, 5) is 25.5. The third-order valence-electron chi connectivity index (χ3n) is 6.55. The smallest absolute Gasteiger partial charge is 0.255 e. The van der Waals surface area contributed by atoms with Crippen LogP contribution >= 0.6 is 0 Å². The van der Waals surface area contributed by atoms with Gasteiger partial charge < -0.3 is 15.0 Å². The number of amides is 1. The average molecular weight is 437 g/mol. The van der Waals surface area contributed by atoms with Gasteiger partial charge in [0, 0.05) is 17.3 Å². The van der Waals surface area contributed by atoms with E-state index in [2.05, 4.69) is 26.3 Å². The van der Waals surface area contributed by atoms with Crippen molar-refractivity contribution in [1.29, 1.82) is 0 Å². The Bertz CT molecular complexity index is 1150. The number of fused-ring (bicyclic) bond motifs is 1. The van der Waals surface area contributed by atoms with E-state index in [-0.39, 0.29) is 11.9 Å². The van der Waals surface area contributed by atoms with Gasteiger partial charge in [0.05, 0.1) is 17.7 Å². The lowest BCUT2D eigenvalue weighted by atomic mass is 9.94. The van der Waals surface area contributed by atoms with Crippen LogP contribution in [0.2, 0.25) is 0 Å². The predicted octanol–water partition coefficient (Wildman–Crippen LogP) is 5.04. The normalized spacial score (nSPS) is 21.0. The second kappa shape index (κ2) is 8.52. The number of carbonyl (C=O) groups is 1. The number of benzene rings is 1. The summed E-state index contributed by atoms with van der Waals surface area (Å²) in [5.41, 5.74) is 5.32. The van der Waals surface area contributed by atoms with E-state index in [1.54, 1.807) is 0 Å². The van der Waals surface area contributed by atoms with Crippen LogP contribution in [0.5, 0.6) is 5.75 Å². The quantitative estimate of drug-likeness (QED) is 0.567. The molecule has 2 aromatic heterocycles. The highest BCUT2D eigenvalue weighted by atomic mass is 19.1. The van der Waals surface area contributed by atoms with Gasteiger partial charge in [0.1, 0.15) is 29.5 Å². The molecule has 0 unspecified atom stereocenters. The summed E-state index contributed by atoms with van der Waals surface area (Å²) in [7, 11) is 0. The first kappa shape index (κ1) is 20.9. The van der Waals surface area contributed by atoms with Gasteiger partial charge in [-0.3, -0.25) is 4.79 Å². The standard InChI is InChI=1S/C25H29FN4O2/c1-14-3-10-20(32-12-16-4-5-16)19(11-14)22-24-23(28-13-27-22)21(15(2)29-24)25(31)30-18-8-6-17(26)7-9-18/h3,10-11,13,16-18,29H,4-9,12H2,1-2H3,(H,30,31)/t17-,18+. The first-order chi connectivity index (χ1) is 15.5. The lowest BCUT2D eigenvalue weighted by molar-refractivity contribution is 0.0917. The molecule has 5 rings (SSSR count). The van der Waals surface area contributed by atoms with Crippen LogP contribution in [0.3, 0.4) is 0 Å². The van der Waals surface area contributed by atoms with Gasteiger partial charge in [-0.1, -0.05) is 11.6 Å². The fourth-order valence-electron chi connectivity index (χ4n) is 4.50. The Labute approximate surface area is 187 Å². The Balaban J connectivity index is 1.49. The second-order valence-corrected chi connectivity index (χ2v) is 9.25. The number of aromatic amines is 1. The Morgan fingerprint density at radius 3 is 2.69 bits per heavy atom. The van der Waals surface area contributed by atoms with Gasteiger partial charge in [-0.2, -0.15) is 0 Å². The minimum absolute atomic E-state index is 0.000595. The van der Waals surface area contributed by atoms with E-state index in [9.17, 15) is 9.18 Å². The van der Waals surface area contributed by atoms with E-state index in [4.69, 9.17) is 4.74 Å². The maximum Gasteiger partial charge on any atom is 0.255 e. The molecular weight excluding hydrogens is 407 g/mol. The highest BCUT2D eigenvalue weighted by Gasteiger charge is 2.27. The number of nitrogens with zero attached hydrogens (tertiary/aromatic N) is 2. The van der Waals surface area contributed by atoms with Gasteiger partial charge in [0.2, 0.25) is 0 Å². The SMILES string of the molecule is Cc1ccc(OCC2CC2)c(-c2ncnc3c(C(=O)N[C@H]4CC[C@@H](F)CC4)c(C)[nH]c23)c1. The van der Waals surface area contributed by atoms with Crippen LogP contribution in [0.1, 0.15) is 60.1 Å². The molecule has 0 radical (unpaired) electrons. The number of hydrogen-bond donors (Lipinski definition) is 2. The van der Waals surface area contributed by atoms with Gasteiger partial charge in [0.15, 0.2) is 0 Å². The first-order valence-electron chi connectivity index (χ1n) is 11.5. The van der Waals surface area contributed by atoms with Crippen molar-refractivity contribution in [2.24, 2.45) is 5.92 Å². The van der Waals surface area contributed by atoms with Crippen LogP contribution in [0.25, 0.3) is 22.3 Å². The molecule has 1 aromatic carbocycles. The van der Waals surface area contributed by atoms with Crippen molar-refractivity contribution < 1.29 is 13.9 Å². The minimum atomic E-state index is -0.751. The molecule has 7 heteroatoms. The summed E-state index contributed by atoms with van der Waals surface area (Å²) in [6.45, 7) is 4.62. The lowest BCUT2D eigenvalue weighted by Crippen LogP contribution is -2.38. The molecule has 32 heavy (non-hydrogen) atoms. The third kappa shape index (κ3) is 4.20. The number of H-pyrrole nitrogens is 1. The van der Waals surface area contributed by atoms with Crippen LogP contribution in [-0.4, -0.2) is 39.7 Å². The molecule has 2 heterocycles. The highest BCUT2D eigenvalue weighted by molar-refractivity contribution is 6.09. The van der Waals surface area contributed by atoms with Crippen molar-refractivity contribution in [3.05, 3.63) is 41.3 Å². The number of ether oxygens (including phenoxy) is 1. The monoisotopic (exact) mass is 436 g/mol. The van der Waals surface area contributed by atoms with Gasteiger partial charge in [-0.25, -0.2) is 14.4 Å². The van der Waals surface area contributed by atoms with E-state index in [0.717, 1.165) is 33.8 Å². The summed E-state index contributed by atoms with van der Waals surface area (Å²) < 4.78 is 19.6. The van der Waals surface area contributed by atoms with Crippen LogP contribution in [0, 0.1) is 19.8 Å². The second-order valence-electron chi connectivity index (χ2n) is 9.25. The number of rotatable bonds is 6. The molecule has 3 aromatic rings. The van der Waals surface area contributed by atoms with Crippen molar-refractivity contribution in [3.8, 4) is 17.0 Å². The zero-order valence-electron chi connectivity index (χ0n) is 18.6. The van der Waals surface area contributed by atoms with Crippen molar-refractivity contribution in [2.45, 2.75) is 64.6 Å². The highest BCUT2D eigenvalue weighted by Crippen LogP contribution is 2.37. The van der Waals surface area contributed by atoms with Crippen LogP contribution in [-0.2, 0) is 0 Å². The first-order valence-corrected chi connectivity index (χ1v) is 11.5. The number of aryl methyl sites for hydroxylation is 2. The molecule has 0 aliphatic heterocycles. The third-order valence-corrected chi connectivity index (χ3v) is 6.55. The molecule has 2 aliphatic rings. The van der Waals surface area contributed by atoms with Crippen molar-refractivity contribution in [2.75, 3.05) is 6.61 Å². The zero-order chi connectivity index (χ0) is 22.2. The minimum Gasteiger partial charge on any atom is -0.493 e. The molecule has 0 atom stereocenters. The molecule has 0 spiro atoms. The van der Waals surface area contributed by atoms with Crippen molar-refractivity contribution in [1.82, 2.24) is 20.3 Å². The van der Waals surface area contributed by atoms with E-state index >= 15 is 0 Å². The fourth-order valence-corrected chi connectivity index (χ4v) is 4.50. The molecule has 2 aliphatic carbocycles. The molecule has 2 saturated carbocycles. The molecule has 1 amide bonds. The number of hydrogen-bond acceptors (Lipinski definition) is 4. The largest absolute Gasteiger partial charge is 0.493 e. The van der Waals surface area contributed by atoms with Gasteiger partial charge in [-0.15, -0.1) is 0 Å². The maximum absolute atomic E-state index is 13.5. The molecule has 0 saturated heterocycles. The number of carbonyl (C=O) groups excluding carboxylic acids is 1. The average Bonchev–Trinajstić information content (AvgIpc) is 3.54. The Hall–Kier alpha value is -2.96. The number of nitrogens with one attached hydrogen (secondary N) is 2. The molecule has 2 N–H and O–H groups in total. The zero-order valence-corrected chi connectivity index (χ0v) is 18.6. The summed E-state index contributed by atoms with van der Waals surface area (Å²) in [5.74, 6) is 1.27. The topological polar surface area (TPSA) is 79.9 Å². The van der Waals surface area contributed by atoms with E-state index in [0.29, 0.717) is 49.3 Å². The lowest BCUT2D eigenvalue weighted by Gasteiger charge is -2.25. The Morgan fingerprint density at radius 1 is 1.16 bits per heavy atom. The van der Waals surface area contributed by atoms with Crippen LogP contribution in [0.4, 0.5) is 4.39 Å². The molecule has 2 fully saturated rings. The van der Waals surface area contributed by atoms with E-state index in [1.807, 2.05) is 26.0 Å². The summed E-state index contributed by atoms with van der Waals surface area (Å²) in [5, 5.41) is 3.08. The van der Waals surface area contributed by atoms with Crippen molar-refractivity contribution in [3.63, 3.8) is 0 Å². The molecule has 0 bridgehead atoms. The maximum atomic E-state index is 13.5. The Morgan fingerprint density at radius 2 is 1.94 bits per heavy atom. The summed E-state index contributed by atoms with van der Waals surface area (Å²) in [6, 6.07) is 6.09. The molecule has 6 nitrogen and oxygen atoms in total. The number of alkyl halides is 1. The van der Waals surface area contributed by atoms with E-state index in [1.165, 1.54) is 19.2 Å². The Kier molecular flexibility index (Phi) is 5.57. The van der Waals surface area contributed by atoms with Crippen LogP contribution in [0.15, 0.2) is 24.5 Å².